The second kappa shape index (κ2) is 9.43. The Morgan fingerprint density at radius 2 is 1.96 bits per heavy atom. The van der Waals surface area contributed by atoms with Crippen molar-refractivity contribution in [3.05, 3.63) is 29.8 Å². The standard InChI is InChI=1S/C14H20N2O5.CH4O/c15-13(14(16)19)8-1-3-10(4-2-8)20-12-6-9(18)5-11(7-17)21-12;1-2/h1-4,9,11-13,17-18H,5-7,15H2,(H2,16,19);2H,1H3/t9-,11?,12?,13?;/m0./s1. The van der Waals surface area contributed by atoms with Crippen LogP contribution in [0.25, 0.3) is 0 Å². The van der Waals surface area contributed by atoms with Gasteiger partial charge in [-0.3, -0.25) is 4.79 Å². The van der Waals surface area contributed by atoms with Crippen LogP contribution in [0.2, 0.25) is 0 Å². The number of hydrogen-bond donors (Lipinski definition) is 5. The van der Waals surface area contributed by atoms with E-state index in [1.165, 1.54) is 0 Å². The first kappa shape index (κ1) is 19.3. The fraction of sp³-hybridized carbons (Fsp3) is 0.533. The molecule has 1 saturated heterocycles. The molecule has 1 fully saturated rings. The highest BCUT2D eigenvalue weighted by Gasteiger charge is 2.29. The quantitative estimate of drug-likeness (QED) is 0.466. The molecule has 0 saturated carbocycles. The van der Waals surface area contributed by atoms with Crippen LogP contribution >= 0.6 is 0 Å². The van der Waals surface area contributed by atoms with Gasteiger partial charge >= 0.3 is 0 Å². The van der Waals surface area contributed by atoms with Gasteiger partial charge in [-0.1, -0.05) is 12.1 Å². The van der Waals surface area contributed by atoms with Gasteiger partial charge in [-0.2, -0.15) is 0 Å². The maximum Gasteiger partial charge on any atom is 0.238 e. The molecule has 0 radical (unpaired) electrons. The third kappa shape index (κ3) is 5.77. The van der Waals surface area contributed by atoms with Crippen LogP contribution in [0.3, 0.4) is 0 Å². The van der Waals surface area contributed by atoms with Gasteiger partial charge in [0.2, 0.25) is 12.2 Å². The van der Waals surface area contributed by atoms with Gasteiger partial charge in [-0.05, 0) is 17.7 Å². The molecule has 1 aromatic carbocycles. The Labute approximate surface area is 134 Å². The third-order valence-electron chi connectivity index (χ3n) is 3.36. The highest BCUT2D eigenvalue weighted by Crippen LogP contribution is 2.24. The van der Waals surface area contributed by atoms with E-state index in [4.69, 9.17) is 31.2 Å². The molecule has 23 heavy (non-hydrogen) atoms. The van der Waals surface area contributed by atoms with Crippen LogP contribution in [0.4, 0.5) is 0 Å². The van der Waals surface area contributed by atoms with Crippen molar-refractivity contribution < 1.29 is 29.6 Å². The molecule has 1 aliphatic rings. The molecule has 1 aromatic rings. The molecule has 7 N–H and O–H groups in total. The summed E-state index contributed by atoms with van der Waals surface area (Å²) in [4.78, 5) is 11.0. The zero-order valence-corrected chi connectivity index (χ0v) is 13.0. The Morgan fingerprint density at radius 3 is 2.48 bits per heavy atom. The van der Waals surface area contributed by atoms with Gasteiger partial charge in [0.15, 0.2) is 0 Å². The molecule has 130 valence electrons. The lowest BCUT2D eigenvalue weighted by molar-refractivity contribution is -0.184. The zero-order chi connectivity index (χ0) is 17.4. The molecule has 4 atom stereocenters. The topological polar surface area (TPSA) is 148 Å². The number of carbonyl (C=O) groups is 1. The van der Waals surface area contributed by atoms with Gasteiger partial charge in [-0.25, -0.2) is 0 Å². The molecule has 0 aromatic heterocycles. The van der Waals surface area contributed by atoms with Crippen molar-refractivity contribution in [2.75, 3.05) is 13.7 Å². The van der Waals surface area contributed by atoms with Gasteiger partial charge in [0, 0.05) is 20.0 Å². The number of rotatable bonds is 5. The highest BCUT2D eigenvalue weighted by atomic mass is 16.7. The van der Waals surface area contributed by atoms with Crippen molar-refractivity contribution >= 4 is 5.91 Å². The Bertz CT molecular complexity index is 481. The predicted octanol–water partition coefficient (Wildman–Crippen LogP) is -0.983. The summed E-state index contributed by atoms with van der Waals surface area (Å²) in [6.45, 7) is -0.163. The summed E-state index contributed by atoms with van der Waals surface area (Å²) in [7, 11) is 1.00. The summed E-state index contributed by atoms with van der Waals surface area (Å²) in [5.41, 5.74) is 11.4. The number of nitrogens with two attached hydrogens (primary N) is 2. The normalized spacial score (nSPS) is 25.0. The molecule has 0 bridgehead atoms. The van der Waals surface area contributed by atoms with E-state index in [0.717, 1.165) is 7.11 Å². The second-order valence-electron chi connectivity index (χ2n) is 5.06. The van der Waals surface area contributed by atoms with E-state index < -0.39 is 30.4 Å². The van der Waals surface area contributed by atoms with Crippen molar-refractivity contribution in [3.8, 4) is 5.75 Å². The maximum absolute atomic E-state index is 11.0. The molecule has 0 aliphatic carbocycles. The Morgan fingerprint density at radius 1 is 1.35 bits per heavy atom. The molecular weight excluding hydrogens is 304 g/mol. The predicted molar refractivity (Wildman–Crippen MR) is 82.3 cm³/mol. The molecule has 2 rings (SSSR count). The summed E-state index contributed by atoms with van der Waals surface area (Å²) < 4.78 is 11.1. The number of aliphatic hydroxyl groups excluding tert-OH is 3. The number of ether oxygens (including phenoxy) is 2. The summed E-state index contributed by atoms with van der Waals surface area (Å²) >= 11 is 0. The van der Waals surface area contributed by atoms with Crippen LogP contribution in [-0.4, -0.2) is 53.4 Å². The first-order valence-electron chi connectivity index (χ1n) is 7.20. The van der Waals surface area contributed by atoms with Gasteiger partial charge in [0.25, 0.3) is 0 Å². The smallest absolute Gasteiger partial charge is 0.238 e. The van der Waals surface area contributed by atoms with Crippen molar-refractivity contribution in [1.29, 1.82) is 0 Å². The third-order valence-corrected chi connectivity index (χ3v) is 3.36. The van der Waals surface area contributed by atoms with Crippen molar-refractivity contribution in [1.82, 2.24) is 0 Å². The number of aliphatic hydroxyl groups is 3. The molecule has 8 nitrogen and oxygen atoms in total. The summed E-state index contributed by atoms with van der Waals surface area (Å²) in [6, 6.07) is 5.74. The van der Waals surface area contributed by atoms with Crippen molar-refractivity contribution in [2.24, 2.45) is 11.5 Å². The van der Waals surface area contributed by atoms with Crippen LogP contribution in [-0.2, 0) is 9.53 Å². The van der Waals surface area contributed by atoms with Crippen LogP contribution in [0, 0.1) is 0 Å². The average molecular weight is 328 g/mol. The Kier molecular flexibility index (Phi) is 7.93. The monoisotopic (exact) mass is 328 g/mol. The lowest BCUT2D eigenvalue weighted by Gasteiger charge is -2.32. The van der Waals surface area contributed by atoms with E-state index in [1.807, 2.05) is 0 Å². The number of primary amides is 1. The fourth-order valence-corrected chi connectivity index (χ4v) is 2.21. The van der Waals surface area contributed by atoms with E-state index in [9.17, 15) is 9.90 Å². The van der Waals surface area contributed by atoms with E-state index in [1.54, 1.807) is 24.3 Å². The highest BCUT2D eigenvalue weighted by molar-refractivity contribution is 5.81. The SMILES string of the molecule is CO.NC(=O)C(N)c1ccc(OC2C[C@@H](O)CC(CO)O2)cc1. The van der Waals surface area contributed by atoms with Crippen LogP contribution in [0.15, 0.2) is 24.3 Å². The minimum Gasteiger partial charge on any atom is -0.465 e. The first-order chi connectivity index (χ1) is 11.0. The summed E-state index contributed by atoms with van der Waals surface area (Å²) in [6.07, 6.45) is -0.895. The molecular formula is C15H24N2O6. The molecule has 0 spiro atoms. The Hall–Kier alpha value is -1.71. The first-order valence-corrected chi connectivity index (χ1v) is 7.20. The summed E-state index contributed by atoms with van der Waals surface area (Å²) in [5, 5.41) is 25.8. The Balaban J connectivity index is 0.00000127. The number of hydrogen-bond acceptors (Lipinski definition) is 7. The van der Waals surface area contributed by atoms with Crippen LogP contribution in [0.5, 0.6) is 5.75 Å². The van der Waals surface area contributed by atoms with E-state index in [2.05, 4.69) is 0 Å². The van der Waals surface area contributed by atoms with Crippen LogP contribution in [0.1, 0.15) is 24.4 Å². The maximum atomic E-state index is 11.0. The fourth-order valence-electron chi connectivity index (χ4n) is 2.21. The average Bonchev–Trinajstić information content (AvgIpc) is 2.56. The lowest BCUT2D eigenvalue weighted by atomic mass is 10.1. The molecule has 1 amide bonds. The van der Waals surface area contributed by atoms with E-state index in [0.29, 0.717) is 24.2 Å². The van der Waals surface area contributed by atoms with Crippen molar-refractivity contribution in [2.45, 2.75) is 37.4 Å². The number of amides is 1. The number of carbonyl (C=O) groups excluding carboxylic acids is 1. The van der Waals surface area contributed by atoms with Gasteiger partial charge in [0.1, 0.15) is 11.8 Å². The van der Waals surface area contributed by atoms with Crippen molar-refractivity contribution in [3.63, 3.8) is 0 Å². The van der Waals surface area contributed by atoms with Gasteiger partial charge in [0.05, 0.1) is 18.8 Å². The molecule has 3 unspecified atom stereocenters. The molecule has 8 heteroatoms. The van der Waals surface area contributed by atoms with Gasteiger partial charge < -0.3 is 36.3 Å². The molecule has 1 aliphatic heterocycles. The second-order valence-corrected chi connectivity index (χ2v) is 5.06. The lowest BCUT2D eigenvalue weighted by Crippen LogP contribution is -2.40. The minimum atomic E-state index is -0.856. The zero-order valence-electron chi connectivity index (χ0n) is 13.0. The van der Waals surface area contributed by atoms with Crippen LogP contribution < -0.4 is 16.2 Å². The number of benzene rings is 1. The molecule has 1 heterocycles. The minimum absolute atomic E-state index is 0.163. The van der Waals surface area contributed by atoms with E-state index >= 15 is 0 Å². The van der Waals surface area contributed by atoms with Gasteiger partial charge in [-0.15, -0.1) is 0 Å². The summed E-state index contributed by atoms with van der Waals surface area (Å²) in [5.74, 6) is -0.0839. The largest absolute Gasteiger partial charge is 0.465 e. The van der Waals surface area contributed by atoms with E-state index in [-0.39, 0.29) is 6.61 Å².